The number of aryl methyl sites for hydroxylation is 1. The standard InChI is InChI=1S/C35H46N4O4/c1-23(2)21-30-33(40)37-18-10-15-26-12-6-8-17-31(26)43-20-19-36-29(34(41)39-32(24(3)4)35(42)38-30)22-27-14-9-13-25-11-5-7-16-28(25)27/h5-9,11-14,16-17,23-24,29-30,32,36H,10,15,18-22H2,1-4H3,(H,37,40)(H,38,42)(H,39,41)/t29-,30+,32-/m1/s1. The van der Waals surface area contributed by atoms with Gasteiger partial charge in [-0.3, -0.25) is 14.4 Å². The van der Waals surface area contributed by atoms with Crippen molar-refractivity contribution in [3.05, 3.63) is 77.9 Å². The first-order valence-corrected chi connectivity index (χ1v) is 15.5. The molecule has 4 rings (SSSR count). The summed E-state index contributed by atoms with van der Waals surface area (Å²) in [6.45, 7) is 9.14. The van der Waals surface area contributed by atoms with Gasteiger partial charge in [0.1, 0.15) is 24.4 Å². The van der Waals surface area contributed by atoms with Crippen LogP contribution in [0.4, 0.5) is 0 Å². The van der Waals surface area contributed by atoms with E-state index in [0.717, 1.165) is 40.5 Å². The molecule has 0 aliphatic carbocycles. The fourth-order valence-electron chi connectivity index (χ4n) is 5.56. The first kappa shape index (κ1) is 32.0. The molecule has 0 aromatic heterocycles. The van der Waals surface area contributed by atoms with E-state index in [-0.39, 0.29) is 29.6 Å². The molecule has 3 atom stereocenters. The molecular weight excluding hydrogens is 540 g/mol. The van der Waals surface area contributed by atoms with Crippen LogP contribution in [0.15, 0.2) is 66.7 Å². The van der Waals surface area contributed by atoms with Crippen molar-refractivity contribution < 1.29 is 19.1 Å². The lowest BCUT2D eigenvalue weighted by atomic mass is 9.97. The Kier molecular flexibility index (Phi) is 11.6. The summed E-state index contributed by atoms with van der Waals surface area (Å²) in [5, 5.41) is 14.6. The summed E-state index contributed by atoms with van der Waals surface area (Å²) < 4.78 is 6.15. The molecule has 8 nitrogen and oxygen atoms in total. The van der Waals surface area contributed by atoms with Crippen LogP contribution in [0.2, 0.25) is 0 Å². The quantitative estimate of drug-likeness (QED) is 0.359. The second kappa shape index (κ2) is 15.5. The van der Waals surface area contributed by atoms with E-state index in [2.05, 4.69) is 39.5 Å². The minimum Gasteiger partial charge on any atom is -0.492 e. The van der Waals surface area contributed by atoms with Crippen LogP contribution in [0.3, 0.4) is 0 Å². The topological polar surface area (TPSA) is 109 Å². The summed E-state index contributed by atoms with van der Waals surface area (Å²) in [6, 6.07) is 20.0. The van der Waals surface area contributed by atoms with Crippen molar-refractivity contribution in [1.82, 2.24) is 21.3 Å². The highest BCUT2D eigenvalue weighted by molar-refractivity contribution is 5.94. The number of para-hydroxylation sites is 1. The molecule has 1 aliphatic heterocycles. The lowest BCUT2D eigenvalue weighted by Crippen LogP contribution is -2.58. The Bertz CT molecular complexity index is 1380. The molecule has 3 aromatic rings. The summed E-state index contributed by atoms with van der Waals surface area (Å²) in [6.07, 6.45) is 2.42. The largest absolute Gasteiger partial charge is 0.492 e. The SMILES string of the molecule is CC(C)C[C@@H]1NC(=O)[C@@H](C(C)C)NC(=O)[C@@H](Cc2cccc3ccccc23)NCCOc2ccccc2CCCNC1=O. The molecule has 3 aromatic carbocycles. The first-order chi connectivity index (χ1) is 20.7. The lowest BCUT2D eigenvalue weighted by molar-refractivity contribution is -0.133. The zero-order valence-corrected chi connectivity index (χ0v) is 25.8. The highest BCUT2D eigenvalue weighted by atomic mass is 16.5. The van der Waals surface area contributed by atoms with Gasteiger partial charge in [-0.05, 0) is 65.5 Å². The first-order valence-electron chi connectivity index (χ1n) is 15.5. The summed E-state index contributed by atoms with van der Waals surface area (Å²) in [4.78, 5) is 40.6. The molecule has 0 unspecified atom stereocenters. The van der Waals surface area contributed by atoms with Gasteiger partial charge in [-0.15, -0.1) is 0 Å². The number of benzene rings is 3. The van der Waals surface area contributed by atoms with E-state index in [9.17, 15) is 14.4 Å². The molecule has 0 fully saturated rings. The van der Waals surface area contributed by atoms with E-state index in [1.54, 1.807) is 0 Å². The third kappa shape index (κ3) is 9.04. The third-order valence-corrected chi connectivity index (χ3v) is 7.85. The van der Waals surface area contributed by atoms with Gasteiger partial charge < -0.3 is 26.0 Å². The third-order valence-electron chi connectivity index (χ3n) is 7.85. The molecule has 8 heteroatoms. The van der Waals surface area contributed by atoms with Crippen LogP contribution in [0, 0.1) is 11.8 Å². The van der Waals surface area contributed by atoms with Crippen molar-refractivity contribution in [2.24, 2.45) is 11.8 Å². The number of hydrogen-bond acceptors (Lipinski definition) is 5. The van der Waals surface area contributed by atoms with Gasteiger partial charge in [-0.25, -0.2) is 0 Å². The maximum Gasteiger partial charge on any atom is 0.243 e. The van der Waals surface area contributed by atoms with Crippen molar-refractivity contribution in [3.8, 4) is 5.75 Å². The molecule has 0 bridgehead atoms. The van der Waals surface area contributed by atoms with E-state index in [0.29, 0.717) is 32.5 Å². The lowest BCUT2D eigenvalue weighted by Gasteiger charge is -2.28. The number of amides is 3. The summed E-state index contributed by atoms with van der Waals surface area (Å²) in [7, 11) is 0. The number of hydrogen-bond donors (Lipinski definition) is 4. The average molecular weight is 587 g/mol. The molecule has 0 saturated carbocycles. The van der Waals surface area contributed by atoms with E-state index < -0.39 is 18.1 Å². The van der Waals surface area contributed by atoms with Crippen LogP contribution in [0.1, 0.15) is 51.7 Å². The molecule has 0 radical (unpaired) electrons. The smallest absolute Gasteiger partial charge is 0.243 e. The Hall–Kier alpha value is -3.91. The normalized spacial score (nSPS) is 21.3. The van der Waals surface area contributed by atoms with Gasteiger partial charge in [0.2, 0.25) is 17.7 Å². The van der Waals surface area contributed by atoms with Crippen LogP contribution in [0.5, 0.6) is 5.75 Å². The molecule has 230 valence electrons. The Balaban J connectivity index is 1.62. The van der Waals surface area contributed by atoms with Gasteiger partial charge in [0.05, 0.1) is 6.04 Å². The van der Waals surface area contributed by atoms with E-state index in [1.165, 1.54) is 0 Å². The zero-order valence-electron chi connectivity index (χ0n) is 25.8. The molecule has 0 saturated heterocycles. The van der Waals surface area contributed by atoms with Crippen molar-refractivity contribution >= 4 is 28.5 Å². The maximum atomic E-state index is 13.9. The second-order valence-corrected chi connectivity index (χ2v) is 12.1. The van der Waals surface area contributed by atoms with Crippen molar-refractivity contribution in [2.45, 2.75) is 71.5 Å². The van der Waals surface area contributed by atoms with E-state index in [1.807, 2.05) is 76.2 Å². The predicted molar refractivity (Wildman–Crippen MR) is 171 cm³/mol. The zero-order chi connectivity index (χ0) is 30.8. The molecule has 0 spiro atoms. The number of carbonyl (C=O) groups excluding carboxylic acids is 3. The number of carbonyl (C=O) groups is 3. The van der Waals surface area contributed by atoms with Crippen LogP contribution < -0.4 is 26.0 Å². The van der Waals surface area contributed by atoms with Crippen molar-refractivity contribution in [3.63, 3.8) is 0 Å². The molecule has 1 heterocycles. The molecule has 43 heavy (non-hydrogen) atoms. The van der Waals surface area contributed by atoms with Gasteiger partial charge in [0.25, 0.3) is 0 Å². The number of fused-ring (bicyclic) bond motifs is 2. The van der Waals surface area contributed by atoms with Crippen molar-refractivity contribution in [1.29, 1.82) is 0 Å². The number of ether oxygens (including phenoxy) is 1. The Morgan fingerprint density at radius 2 is 1.53 bits per heavy atom. The van der Waals surface area contributed by atoms with E-state index >= 15 is 0 Å². The predicted octanol–water partition coefficient (Wildman–Crippen LogP) is 4.15. The van der Waals surface area contributed by atoms with Crippen molar-refractivity contribution in [2.75, 3.05) is 19.7 Å². The molecule has 4 N–H and O–H groups in total. The number of nitrogens with one attached hydrogen (secondary N) is 4. The van der Waals surface area contributed by atoms with Gasteiger partial charge in [0, 0.05) is 13.1 Å². The fourth-order valence-corrected chi connectivity index (χ4v) is 5.56. The van der Waals surface area contributed by atoms with Crippen LogP contribution >= 0.6 is 0 Å². The maximum absolute atomic E-state index is 13.9. The Labute approximate surface area is 255 Å². The molecule has 1 aliphatic rings. The van der Waals surface area contributed by atoms with Gasteiger partial charge in [-0.1, -0.05) is 88.4 Å². The fraction of sp³-hybridized carbons (Fsp3) is 0.457. The Morgan fingerprint density at radius 3 is 2.33 bits per heavy atom. The van der Waals surface area contributed by atoms with E-state index in [4.69, 9.17) is 4.74 Å². The van der Waals surface area contributed by atoms with Gasteiger partial charge in [-0.2, -0.15) is 0 Å². The van der Waals surface area contributed by atoms with Crippen LogP contribution in [-0.2, 0) is 27.2 Å². The average Bonchev–Trinajstić information content (AvgIpc) is 2.98. The monoisotopic (exact) mass is 586 g/mol. The highest BCUT2D eigenvalue weighted by Gasteiger charge is 2.31. The minimum absolute atomic E-state index is 0.185. The highest BCUT2D eigenvalue weighted by Crippen LogP contribution is 2.21. The summed E-state index contributed by atoms with van der Waals surface area (Å²) >= 11 is 0. The second-order valence-electron chi connectivity index (χ2n) is 12.1. The van der Waals surface area contributed by atoms with Crippen LogP contribution in [0.25, 0.3) is 10.8 Å². The summed E-state index contributed by atoms with van der Waals surface area (Å²) in [5.41, 5.74) is 2.10. The molecule has 3 amide bonds. The minimum atomic E-state index is -0.797. The van der Waals surface area contributed by atoms with Gasteiger partial charge >= 0.3 is 0 Å². The van der Waals surface area contributed by atoms with Crippen LogP contribution in [-0.4, -0.2) is 55.5 Å². The molecular formula is C35H46N4O4. The summed E-state index contributed by atoms with van der Waals surface area (Å²) in [5.74, 6) is -0.0251. The number of rotatable bonds is 5. The van der Waals surface area contributed by atoms with Gasteiger partial charge in [0.15, 0.2) is 0 Å². The Morgan fingerprint density at radius 1 is 0.791 bits per heavy atom.